The van der Waals surface area contributed by atoms with Gasteiger partial charge in [0, 0.05) is 18.2 Å². The summed E-state index contributed by atoms with van der Waals surface area (Å²) in [7, 11) is 0. The van der Waals surface area contributed by atoms with Crippen LogP contribution >= 0.6 is 0 Å². The maximum atomic E-state index is 11.0. The van der Waals surface area contributed by atoms with Crippen LogP contribution in [-0.2, 0) is 6.42 Å². The van der Waals surface area contributed by atoms with E-state index in [0.717, 1.165) is 18.4 Å². The van der Waals surface area contributed by atoms with Gasteiger partial charge in [-0.05, 0) is 38.5 Å². The molecule has 2 rings (SSSR count). The molecule has 0 saturated carbocycles. The van der Waals surface area contributed by atoms with Crippen LogP contribution < -0.4 is 0 Å². The van der Waals surface area contributed by atoms with Crippen LogP contribution in [0.1, 0.15) is 47.2 Å². The maximum Gasteiger partial charge on any atom is 0.166 e. The molecule has 1 aromatic heterocycles. The Morgan fingerprint density at radius 1 is 1.11 bits per heavy atom. The second-order valence-corrected chi connectivity index (χ2v) is 4.99. The van der Waals surface area contributed by atoms with Gasteiger partial charge in [-0.3, -0.25) is 4.79 Å². The molecule has 0 N–H and O–H groups in total. The van der Waals surface area contributed by atoms with Gasteiger partial charge in [0.05, 0.1) is 5.69 Å². The van der Waals surface area contributed by atoms with Crippen LogP contribution in [-0.4, -0.2) is 10.9 Å². The van der Waals surface area contributed by atoms with Crippen molar-refractivity contribution in [3.8, 4) is 0 Å². The van der Waals surface area contributed by atoms with Gasteiger partial charge in [0.2, 0.25) is 0 Å². The molecule has 0 aliphatic rings. The summed E-state index contributed by atoms with van der Waals surface area (Å²) in [4.78, 5) is 11.0. The van der Waals surface area contributed by atoms with Gasteiger partial charge in [-0.25, -0.2) is 0 Å². The minimum absolute atomic E-state index is 0.306. The predicted molar refractivity (Wildman–Crippen MR) is 74.2 cm³/mol. The summed E-state index contributed by atoms with van der Waals surface area (Å²) in [5.74, 6) is 0. The molecule has 0 unspecified atom stereocenters. The van der Waals surface area contributed by atoms with E-state index in [1.165, 1.54) is 16.8 Å². The summed E-state index contributed by atoms with van der Waals surface area (Å²) in [6.45, 7) is 6.29. The lowest BCUT2D eigenvalue weighted by molar-refractivity contribution is 0.111. The summed E-state index contributed by atoms with van der Waals surface area (Å²) in [6.07, 6.45) is 1.80. The van der Waals surface area contributed by atoms with Crippen molar-refractivity contribution < 1.29 is 4.79 Å². The molecule has 0 aliphatic carbocycles. The molecule has 94 valence electrons. The quantitative estimate of drug-likeness (QED) is 0.747. The topological polar surface area (TPSA) is 22.0 Å². The molecule has 0 radical (unpaired) electrons. The fourth-order valence-electron chi connectivity index (χ4n) is 2.29. The third-order valence-electron chi connectivity index (χ3n) is 3.18. The molecule has 0 aliphatic heterocycles. The van der Waals surface area contributed by atoms with E-state index in [2.05, 4.69) is 49.6 Å². The van der Waals surface area contributed by atoms with Crippen molar-refractivity contribution in [1.82, 2.24) is 4.57 Å². The van der Waals surface area contributed by atoms with Gasteiger partial charge < -0.3 is 4.57 Å². The van der Waals surface area contributed by atoms with Gasteiger partial charge in [0.1, 0.15) is 0 Å². The minimum Gasteiger partial charge on any atom is -0.340 e. The van der Waals surface area contributed by atoms with E-state index in [9.17, 15) is 4.79 Å². The highest BCUT2D eigenvalue weighted by atomic mass is 16.1. The lowest BCUT2D eigenvalue weighted by atomic mass is 10.1. The average Bonchev–Trinajstić information content (AvgIpc) is 2.75. The number of nitrogens with zero attached hydrogens (tertiary/aromatic N) is 1. The van der Waals surface area contributed by atoms with Crippen molar-refractivity contribution in [2.75, 3.05) is 0 Å². The van der Waals surface area contributed by atoms with Crippen LogP contribution in [0.15, 0.2) is 36.4 Å². The first kappa shape index (κ1) is 12.6. The monoisotopic (exact) mass is 241 g/mol. The predicted octanol–water partition coefficient (Wildman–Crippen LogP) is 3.78. The number of aldehydes is 1. The van der Waals surface area contributed by atoms with Crippen molar-refractivity contribution in [2.24, 2.45) is 0 Å². The molecule has 2 aromatic rings. The zero-order valence-corrected chi connectivity index (χ0v) is 11.2. The van der Waals surface area contributed by atoms with E-state index < -0.39 is 0 Å². The Morgan fingerprint density at radius 3 is 2.33 bits per heavy atom. The molecular weight excluding hydrogens is 222 g/mol. The summed E-state index contributed by atoms with van der Waals surface area (Å²) < 4.78 is 2.10. The number of carbonyl (C=O) groups is 1. The molecule has 1 heterocycles. The van der Waals surface area contributed by atoms with E-state index in [1.807, 2.05) is 12.1 Å². The summed E-state index contributed by atoms with van der Waals surface area (Å²) in [6, 6.07) is 12.8. The maximum absolute atomic E-state index is 11.0. The molecule has 0 fully saturated rings. The van der Waals surface area contributed by atoms with Gasteiger partial charge in [-0.15, -0.1) is 0 Å². The van der Waals surface area contributed by atoms with Gasteiger partial charge in [0.25, 0.3) is 0 Å². The van der Waals surface area contributed by atoms with Crippen LogP contribution in [0.25, 0.3) is 0 Å². The Morgan fingerprint density at radius 2 is 1.78 bits per heavy atom. The largest absolute Gasteiger partial charge is 0.340 e. The number of aryl methyl sites for hydroxylation is 1. The van der Waals surface area contributed by atoms with Crippen molar-refractivity contribution in [3.05, 3.63) is 58.9 Å². The average molecular weight is 241 g/mol. The lowest BCUT2D eigenvalue weighted by Gasteiger charge is -2.15. The van der Waals surface area contributed by atoms with E-state index in [0.29, 0.717) is 6.04 Å². The number of carbonyl (C=O) groups excluding carboxylic acids is 1. The second kappa shape index (κ2) is 5.21. The molecule has 2 nitrogen and oxygen atoms in total. The molecular formula is C16H19NO. The SMILES string of the molecule is Cc1ccc(Cc2ccc(C=O)n2C(C)C)cc1. The van der Waals surface area contributed by atoms with E-state index >= 15 is 0 Å². The smallest absolute Gasteiger partial charge is 0.166 e. The van der Waals surface area contributed by atoms with E-state index in [-0.39, 0.29) is 0 Å². The van der Waals surface area contributed by atoms with Crippen molar-refractivity contribution in [3.63, 3.8) is 0 Å². The van der Waals surface area contributed by atoms with E-state index in [1.54, 1.807) is 0 Å². The first-order valence-electron chi connectivity index (χ1n) is 6.32. The Labute approximate surface area is 108 Å². The van der Waals surface area contributed by atoms with Crippen LogP contribution in [0.3, 0.4) is 0 Å². The molecule has 2 heteroatoms. The highest BCUT2D eigenvalue weighted by Crippen LogP contribution is 2.18. The van der Waals surface area contributed by atoms with Gasteiger partial charge in [-0.1, -0.05) is 29.8 Å². The fraction of sp³-hybridized carbons (Fsp3) is 0.312. The highest BCUT2D eigenvalue weighted by Gasteiger charge is 2.10. The molecule has 0 saturated heterocycles. The first-order chi connectivity index (χ1) is 8.61. The van der Waals surface area contributed by atoms with Crippen LogP contribution in [0.5, 0.6) is 0 Å². The molecule has 0 spiro atoms. The standard InChI is InChI=1S/C16H19NO/c1-12(2)17-15(8-9-16(17)11-18)10-14-6-4-13(3)5-7-14/h4-9,11-12H,10H2,1-3H3. The minimum atomic E-state index is 0.306. The number of hydrogen-bond donors (Lipinski definition) is 0. The molecule has 0 amide bonds. The highest BCUT2D eigenvalue weighted by molar-refractivity contribution is 5.73. The molecule has 1 aromatic carbocycles. The number of aromatic nitrogens is 1. The summed E-state index contributed by atoms with van der Waals surface area (Å²) >= 11 is 0. The Kier molecular flexibility index (Phi) is 3.66. The summed E-state index contributed by atoms with van der Waals surface area (Å²) in [5, 5.41) is 0. The number of rotatable bonds is 4. The van der Waals surface area contributed by atoms with Gasteiger partial charge >= 0.3 is 0 Å². The summed E-state index contributed by atoms with van der Waals surface area (Å²) in [5.41, 5.74) is 4.49. The normalized spacial score (nSPS) is 10.9. The molecule has 18 heavy (non-hydrogen) atoms. The van der Waals surface area contributed by atoms with E-state index in [4.69, 9.17) is 0 Å². The number of benzene rings is 1. The fourth-order valence-corrected chi connectivity index (χ4v) is 2.29. The van der Waals surface area contributed by atoms with Gasteiger partial charge in [-0.2, -0.15) is 0 Å². The first-order valence-corrected chi connectivity index (χ1v) is 6.32. The van der Waals surface area contributed by atoms with Gasteiger partial charge in [0.15, 0.2) is 6.29 Å². The lowest BCUT2D eigenvalue weighted by Crippen LogP contribution is -2.09. The Hall–Kier alpha value is -1.83. The molecule has 0 bridgehead atoms. The number of hydrogen-bond acceptors (Lipinski definition) is 1. The van der Waals surface area contributed by atoms with Crippen LogP contribution in [0, 0.1) is 6.92 Å². The van der Waals surface area contributed by atoms with Crippen molar-refractivity contribution in [1.29, 1.82) is 0 Å². The Balaban J connectivity index is 2.31. The third-order valence-corrected chi connectivity index (χ3v) is 3.18. The zero-order valence-electron chi connectivity index (χ0n) is 11.2. The zero-order chi connectivity index (χ0) is 13.1. The second-order valence-electron chi connectivity index (χ2n) is 4.99. The Bertz CT molecular complexity index is 535. The molecule has 0 atom stereocenters. The van der Waals surface area contributed by atoms with Crippen LogP contribution in [0.4, 0.5) is 0 Å². The van der Waals surface area contributed by atoms with Crippen molar-refractivity contribution >= 4 is 6.29 Å². The van der Waals surface area contributed by atoms with Crippen LogP contribution in [0.2, 0.25) is 0 Å². The van der Waals surface area contributed by atoms with Crippen molar-refractivity contribution in [2.45, 2.75) is 33.2 Å². The third kappa shape index (κ3) is 2.53.